The van der Waals surface area contributed by atoms with Crippen molar-refractivity contribution < 1.29 is 14.6 Å². The molecule has 0 aromatic heterocycles. The van der Waals surface area contributed by atoms with Crippen LogP contribution >= 0.6 is 0 Å². The third-order valence-corrected chi connectivity index (χ3v) is 4.36. The first-order chi connectivity index (χ1) is 9.09. The average molecular weight is 272 g/mol. The SMILES string of the molecule is CCC1COCCN1CCCC(CC)(NC)C(=O)O. The number of carboxylic acid groups (broad SMARTS) is 1. The van der Waals surface area contributed by atoms with Crippen LogP contribution in [-0.2, 0) is 9.53 Å². The fourth-order valence-electron chi connectivity index (χ4n) is 2.79. The van der Waals surface area contributed by atoms with Gasteiger partial charge in [0.05, 0.1) is 13.2 Å². The first-order valence-corrected chi connectivity index (χ1v) is 7.33. The molecule has 0 aliphatic carbocycles. The van der Waals surface area contributed by atoms with Crippen molar-refractivity contribution in [2.45, 2.75) is 51.1 Å². The molecule has 5 heteroatoms. The van der Waals surface area contributed by atoms with E-state index in [0.717, 1.165) is 39.1 Å². The van der Waals surface area contributed by atoms with E-state index in [1.54, 1.807) is 7.05 Å². The molecule has 5 nitrogen and oxygen atoms in total. The van der Waals surface area contributed by atoms with Crippen LogP contribution in [0.5, 0.6) is 0 Å². The van der Waals surface area contributed by atoms with Crippen molar-refractivity contribution in [2.24, 2.45) is 0 Å². The lowest BCUT2D eigenvalue weighted by Gasteiger charge is -2.36. The van der Waals surface area contributed by atoms with Crippen LogP contribution in [0.1, 0.15) is 39.5 Å². The summed E-state index contributed by atoms with van der Waals surface area (Å²) in [7, 11) is 1.74. The molecule has 0 bridgehead atoms. The summed E-state index contributed by atoms with van der Waals surface area (Å²) in [5, 5.41) is 12.3. The van der Waals surface area contributed by atoms with Gasteiger partial charge < -0.3 is 15.2 Å². The number of nitrogens with zero attached hydrogens (tertiary/aromatic N) is 1. The zero-order chi connectivity index (χ0) is 14.3. The number of hydrogen-bond acceptors (Lipinski definition) is 4. The van der Waals surface area contributed by atoms with Crippen LogP contribution in [0.3, 0.4) is 0 Å². The van der Waals surface area contributed by atoms with E-state index in [2.05, 4.69) is 17.1 Å². The quantitative estimate of drug-likeness (QED) is 0.698. The molecule has 2 N–H and O–H groups in total. The Labute approximate surface area is 116 Å². The van der Waals surface area contributed by atoms with Crippen molar-refractivity contribution in [1.82, 2.24) is 10.2 Å². The highest BCUT2D eigenvalue weighted by atomic mass is 16.5. The van der Waals surface area contributed by atoms with E-state index in [-0.39, 0.29) is 0 Å². The lowest BCUT2D eigenvalue weighted by atomic mass is 9.90. The van der Waals surface area contributed by atoms with Gasteiger partial charge in [-0.05, 0) is 39.3 Å². The molecular formula is C14H28N2O3. The molecule has 0 saturated carbocycles. The maximum atomic E-state index is 11.4. The van der Waals surface area contributed by atoms with Crippen molar-refractivity contribution in [1.29, 1.82) is 0 Å². The molecule has 0 aromatic carbocycles. The summed E-state index contributed by atoms with van der Waals surface area (Å²) in [6, 6.07) is 0.490. The van der Waals surface area contributed by atoms with Gasteiger partial charge in [-0.15, -0.1) is 0 Å². The minimum atomic E-state index is -0.770. The second-order valence-corrected chi connectivity index (χ2v) is 5.27. The zero-order valence-electron chi connectivity index (χ0n) is 12.4. The molecule has 1 saturated heterocycles. The molecule has 1 heterocycles. The molecule has 2 unspecified atom stereocenters. The molecule has 2 atom stereocenters. The largest absolute Gasteiger partial charge is 0.480 e. The summed E-state index contributed by atoms with van der Waals surface area (Å²) in [6.07, 6.45) is 3.27. The normalized spacial score (nSPS) is 24.1. The fourth-order valence-corrected chi connectivity index (χ4v) is 2.79. The summed E-state index contributed by atoms with van der Waals surface area (Å²) in [5.41, 5.74) is -0.770. The van der Waals surface area contributed by atoms with Crippen molar-refractivity contribution in [3.63, 3.8) is 0 Å². The summed E-state index contributed by atoms with van der Waals surface area (Å²) in [4.78, 5) is 13.8. The van der Waals surface area contributed by atoms with Crippen LogP contribution in [-0.4, -0.2) is 60.9 Å². The van der Waals surface area contributed by atoms with Crippen LogP contribution in [0.2, 0.25) is 0 Å². The van der Waals surface area contributed by atoms with Gasteiger partial charge in [-0.2, -0.15) is 0 Å². The van der Waals surface area contributed by atoms with E-state index in [1.165, 1.54) is 0 Å². The lowest BCUT2D eigenvalue weighted by molar-refractivity contribution is -0.145. The summed E-state index contributed by atoms with van der Waals surface area (Å²) < 4.78 is 5.48. The topological polar surface area (TPSA) is 61.8 Å². The Hall–Kier alpha value is -0.650. The Kier molecular flexibility index (Phi) is 6.75. The summed E-state index contributed by atoms with van der Waals surface area (Å²) in [5.74, 6) is -0.744. The number of hydrogen-bond donors (Lipinski definition) is 2. The first-order valence-electron chi connectivity index (χ1n) is 7.33. The number of carbonyl (C=O) groups is 1. The minimum Gasteiger partial charge on any atom is -0.480 e. The molecule has 1 aliphatic heterocycles. The molecule has 1 aliphatic rings. The van der Waals surface area contributed by atoms with Crippen molar-refractivity contribution >= 4 is 5.97 Å². The van der Waals surface area contributed by atoms with Crippen molar-refractivity contribution in [3.8, 4) is 0 Å². The number of morpholine rings is 1. The molecule has 0 spiro atoms. The van der Waals surface area contributed by atoms with Gasteiger partial charge in [-0.1, -0.05) is 13.8 Å². The molecule has 0 amide bonds. The Morgan fingerprint density at radius 3 is 2.79 bits per heavy atom. The lowest BCUT2D eigenvalue weighted by Crippen LogP contribution is -2.51. The van der Waals surface area contributed by atoms with Gasteiger partial charge in [0, 0.05) is 12.6 Å². The number of likely N-dealkylation sites (N-methyl/N-ethyl adjacent to an activating group) is 1. The van der Waals surface area contributed by atoms with E-state index >= 15 is 0 Å². The van der Waals surface area contributed by atoms with Crippen LogP contribution in [0, 0.1) is 0 Å². The zero-order valence-corrected chi connectivity index (χ0v) is 12.4. The van der Waals surface area contributed by atoms with Gasteiger partial charge in [0.25, 0.3) is 0 Å². The van der Waals surface area contributed by atoms with Crippen LogP contribution in [0.25, 0.3) is 0 Å². The molecular weight excluding hydrogens is 244 g/mol. The monoisotopic (exact) mass is 272 g/mol. The van der Waals surface area contributed by atoms with Gasteiger partial charge in [-0.3, -0.25) is 9.69 Å². The summed E-state index contributed by atoms with van der Waals surface area (Å²) in [6.45, 7) is 7.62. The van der Waals surface area contributed by atoms with Crippen LogP contribution in [0.4, 0.5) is 0 Å². The molecule has 0 radical (unpaired) electrons. The molecule has 112 valence electrons. The fraction of sp³-hybridized carbons (Fsp3) is 0.929. The number of carboxylic acids is 1. The molecule has 0 aromatic rings. The highest BCUT2D eigenvalue weighted by Gasteiger charge is 2.34. The maximum absolute atomic E-state index is 11.4. The third-order valence-electron chi connectivity index (χ3n) is 4.36. The average Bonchev–Trinajstić information content (AvgIpc) is 2.44. The van der Waals surface area contributed by atoms with Crippen molar-refractivity contribution in [3.05, 3.63) is 0 Å². The number of aliphatic carboxylic acids is 1. The summed E-state index contributed by atoms with van der Waals surface area (Å²) >= 11 is 0. The van der Waals surface area contributed by atoms with Gasteiger partial charge in [0.15, 0.2) is 0 Å². The maximum Gasteiger partial charge on any atom is 0.323 e. The van der Waals surface area contributed by atoms with E-state index in [0.29, 0.717) is 18.9 Å². The Morgan fingerprint density at radius 2 is 2.26 bits per heavy atom. The minimum absolute atomic E-state index is 0.490. The Morgan fingerprint density at radius 1 is 1.53 bits per heavy atom. The van der Waals surface area contributed by atoms with E-state index < -0.39 is 11.5 Å². The first kappa shape index (κ1) is 16.4. The van der Waals surface area contributed by atoms with Crippen molar-refractivity contribution in [2.75, 3.05) is 33.4 Å². The predicted molar refractivity (Wildman–Crippen MR) is 75.4 cm³/mol. The van der Waals surface area contributed by atoms with Crippen LogP contribution in [0.15, 0.2) is 0 Å². The smallest absolute Gasteiger partial charge is 0.323 e. The van der Waals surface area contributed by atoms with Gasteiger partial charge in [0.1, 0.15) is 5.54 Å². The molecule has 1 fully saturated rings. The van der Waals surface area contributed by atoms with Gasteiger partial charge in [-0.25, -0.2) is 0 Å². The standard InChI is InChI=1S/C14H28N2O3/c1-4-12-11-19-10-9-16(12)8-6-7-14(5-2,15-3)13(17)18/h12,15H,4-11H2,1-3H3,(H,17,18). The molecule has 1 rings (SSSR count). The van der Waals surface area contributed by atoms with Crippen LogP contribution < -0.4 is 5.32 Å². The second kappa shape index (κ2) is 7.82. The van der Waals surface area contributed by atoms with E-state index in [1.807, 2.05) is 6.92 Å². The predicted octanol–water partition coefficient (Wildman–Crippen LogP) is 1.33. The van der Waals surface area contributed by atoms with E-state index in [9.17, 15) is 9.90 Å². The van der Waals surface area contributed by atoms with Gasteiger partial charge >= 0.3 is 5.97 Å². The number of rotatable bonds is 8. The number of ether oxygens (including phenoxy) is 1. The third kappa shape index (κ3) is 4.16. The highest BCUT2D eigenvalue weighted by Crippen LogP contribution is 2.19. The van der Waals surface area contributed by atoms with Gasteiger partial charge in [0.2, 0.25) is 0 Å². The number of nitrogens with one attached hydrogen (secondary N) is 1. The van der Waals surface area contributed by atoms with E-state index in [4.69, 9.17) is 4.74 Å². The second-order valence-electron chi connectivity index (χ2n) is 5.27. The Balaban J connectivity index is 2.45. The highest BCUT2D eigenvalue weighted by molar-refractivity contribution is 5.78. The Bertz CT molecular complexity index is 280. The molecule has 19 heavy (non-hydrogen) atoms.